The van der Waals surface area contributed by atoms with Gasteiger partial charge in [-0.3, -0.25) is 0 Å². The topological polar surface area (TPSA) is 26.0 Å². The molecule has 0 bridgehead atoms. The van der Waals surface area contributed by atoms with E-state index >= 15 is 0 Å². The fourth-order valence-corrected chi connectivity index (χ4v) is 8.27. The molecule has 2 heteroatoms. The number of anilines is 1. The van der Waals surface area contributed by atoms with Gasteiger partial charge in [0.2, 0.25) is 0 Å². The maximum atomic E-state index is 6.22. The van der Waals surface area contributed by atoms with Crippen LogP contribution in [0.5, 0.6) is 0 Å². The summed E-state index contributed by atoms with van der Waals surface area (Å²) in [7, 11) is -1.54. The van der Waals surface area contributed by atoms with Gasteiger partial charge in [-0.15, -0.1) is 10.0 Å². The molecule has 5 rings (SSSR count). The maximum Gasteiger partial charge on any atom is 0.0325 e. The van der Waals surface area contributed by atoms with Gasteiger partial charge in [0.25, 0.3) is 0 Å². The molecule has 1 nitrogen and oxygen atoms in total. The maximum absolute atomic E-state index is 6.22. The lowest BCUT2D eigenvalue weighted by Crippen LogP contribution is -2.02. The largest absolute Gasteiger partial charge is 0.399 e. The van der Waals surface area contributed by atoms with E-state index in [9.17, 15) is 0 Å². The molecule has 0 amide bonds. The van der Waals surface area contributed by atoms with Crippen molar-refractivity contribution in [1.82, 2.24) is 0 Å². The Labute approximate surface area is 155 Å². The van der Waals surface area contributed by atoms with E-state index in [0.29, 0.717) is 0 Å². The van der Waals surface area contributed by atoms with Crippen molar-refractivity contribution >= 4 is 15.7 Å². The molecule has 0 saturated heterocycles. The molecule has 4 aromatic carbocycles. The number of nitrogens with two attached hydrogens (primary N) is 1. The van der Waals surface area contributed by atoms with Gasteiger partial charge in [0.15, 0.2) is 0 Å². The first-order chi connectivity index (χ1) is 12.8. The highest BCUT2D eigenvalue weighted by Gasteiger charge is 2.41. The molecule has 0 aliphatic carbocycles. The zero-order chi connectivity index (χ0) is 17.6. The number of hydrogen-bond donors (Lipinski definition) is 1. The molecule has 126 valence electrons. The van der Waals surface area contributed by atoms with Crippen molar-refractivity contribution in [3.05, 3.63) is 103 Å². The first-order valence-electron chi connectivity index (χ1n) is 8.74. The van der Waals surface area contributed by atoms with Gasteiger partial charge >= 0.3 is 0 Å². The van der Waals surface area contributed by atoms with Crippen LogP contribution >= 0.6 is 10.0 Å². The summed E-state index contributed by atoms with van der Waals surface area (Å²) in [5, 5.41) is 0. The Morgan fingerprint density at radius 3 is 1.65 bits per heavy atom. The molecule has 2 N–H and O–H groups in total. The third kappa shape index (κ3) is 2.00. The molecule has 26 heavy (non-hydrogen) atoms. The highest BCUT2D eigenvalue weighted by Crippen LogP contribution is 2.79. The lowest BCUT2D eigenvalue weighted by Gasteiger charge is -2.39. The summed E-state index contributed by atoms with van der Waals surface area (Å²) >= 11 is 0. The molecule has 1 heterocycles. The third-order valence-corrected chi connectivity index (χ3v) is 9.00. The van der Waals surface area contributed by atoms with Crippen molar-refractivity contribution in [1.29, 1.82) is 0 Å². The van der Waals surface area contributed by atoms with Crippen LogP contribution in [0.3, 0.4) is 0 Å². The van der Waals surface area contributed by atoms with Crippen molar-refractivity contribution in [2.75, 3.05) is 5.73 Å². The van der Waals surface area contributed by atoms with Gasteiger partial charge in [-0.2, -0.15) is 0 Å². The Morgan fingerprint density at radius 1 is 0.500 bits per heavy atom. The first kappa shape index (κ1) is 15.3. The van der Waals surface area contributed by atoms with Crippen LogP contribution in [0, 0.1) is 0 Å². The summed E-state index contributed by atoms with van der Waals surface area (Å²) in [4.78, 5) is 5.44. The van der Waals surface area contributed by atoms with E-state index in [1.165, 1.54) is 30.7 Å². The highest BCUT2D eigenvalue weighted by atomic mass is 32.3. The molecule has 0 atom stereocenters. The van der Waals surface area contributed by atoms with Crippen molar-refractivity contribution < 1.29 is 0 Å². The van der Waals surface area contributed by atoms with Gasteiger partial charge in [0, 0.05) is 25.3 Å². The Morgan fingerprint density at radius 2 is 1.04 bits per heavy atom. The van der Waals surface area contributed by atoms with Crippen LogP contribution in [0.15, 0.2) is 123 Å². The van der Waals surface area contributed by atoms with Gasteiger partial charge in [0.1, 0.15) is 0 Å². The van der Waals surface area contributed by atoms with E-state index in [1.54, 1.807) is 0 Å². The van der Waals surface area contributed by atoms with Crippen molar-refractivity contribution in [2.24, 2.45) is 0 Å². The number of nitrogen functional groups attached to an aromatic ring is 1. The van der Waals surface area contributed by atoms with E-state index in [1.807, 2.05) is 6.07 Å². The molecular formula is C24H19NS. The fourth-order valence-electron chi connectivity index (χ4n) is 4.00. The molecule has 0 saturated carbocycles. The predicted molar refractivity (Wildman–Crippen MR) is 110 cm³/mol. The summed E-state index contributed by atoms with van der Waals surface area (Å²) in [6, 6.07) is 37.0. The van der Waals surface area contributed by atoms with Crippen LogP contribution in [-0.4, -0.2) is 0 Å². The second kappa shape index (κ2) is 5.79. The second-order valence-electron chi connectivity index (χ2n) is 6.49. The summed E-state index contributed by atoms with van der Waals surface area (Å²) in [6.45, 7) is 0. The minimum absolute atomic E-state index is 0.812. The van der Waals surface area contributed by atoms with Gasteiger partial charge in [-0.1, -0.05) is 60.7 Å². The van der Waals surface area contributed by atoms with Crippen molar-refractivity contribution in [2.45, 2.75) is 19.6 Å². The van der Waals surface area contributed by atoms with E-state index in [4.69, 9.17) is 5.73 Å². The number of benzene rings is 4. The fraction of sp³-hybridized carbons (Fsp3) is 0. The van der Waals surface area contributed by atoms with Gasteiger partial charge in [0.05, 0.1) is 0 Å². The summed E-state index contributed by atoms with van der Waals surface area (Å²) in [6.07, 6.45) is 0. The minimum Gasteiger partial charge on any atom is -0.399 e. The zero-order valence-electron chi connectivity index (χ0n) is 14.3. The molecule has 4 aromatic rings. The Hall–Kier alpha value is -2.97. The molecule has 0 fully saturated rings. The molecular weight excluding hydrogens is 334 g/mol. The van der Waals surface area contributed by atoms with Gasteiger partial charge in [-0.25, -0.2) is 0 Å². The Balaban J connectivity index is 1.98. The smallest absolute Gasteiger partial charge is 0.0325 e. The summed E-state index contributed by atoms with van der Waals surface area (Å²) in [5.41, 5.74) is 9.70. The average Bonchev–Trinajstić information content (AvgIpc) is 3.00. The van der Waals surface area contributed by atoms with Crippen LogP contribution in [0.25, 0.3) is 11.1 Å². The number of hydrogen-bond acceptors (Lipinski definition) is 1. The lowest BCUT2D eigenvalue weighted by molar-refractivity contribution is 1.29. The van der Waals surface area contributed by atoms with Crippen molar-refractivity contribution in [3.8, 4) is 11.1 Å². The molecule has 1 aliphatic heterocycles. The standard InChI is InChI=1S/C24H19NS/c25-18-9-8-12-20(17-18)26(19-10-2-1-3-11-19)23-15-6-4-13-21(23)22-14-5-7-16-24(22)26/h1-17H,25H2. The SMILES string of the molecule is Nc1cccc(S2(c3ccccc3)c3ccccc3-c3ccccc32)c1. The van der Waals surface area contributed by atoms with E-state index in [2.05, 4.69) is 97.1 Å². The minimum atomic E-state index is -1.54. The average molecular weight is 353 g/mol. The molecule has 1 aliphatic rings. The van der Waals surface area contributed by atoms with Crippen LogP contribution in [0.4, 0.5) is 5.69 Å². The molecule has 0 spiro atoms. The van der Waals surface area contributed by atoms with Crippen LogP contribution in [0.1, 0.15) is 0 Å². The van der Waals surface area contributed by atoms with Crippen molar-refractivity contribution in [3.63, 3.8) is 0 Å². The first-order valence-corrected chi connectivity index (χ1v) is 10.4. The summed E-state index contributed by atoms with van der Waals surface area (Å²) in [5.74, 6) is 0. The normalized spacial score (nSPS) is 15.1. The van der Waals surface area contributed by atoms with Crippen LogP contribution in [-0.2, 0) is 0 Å². The molecule has 0 radical (unpaired) electrons. The van der Waals surface area contributed by atoms with E-state index in [0.717, 1.165) is 5.69 Å². The molecule has 0 aromatic heterocycles. The lowest BCUT2D eigenvalue weighted by atomic mass is 10.1. The molecule has 0 unspecified atom stereocenters. The van der Waals surface area contributed by atoms with Crippen LogP contribution < -0.4 is 5.73 Å². The second-order valence-corrected chi connectivity index (χ2v) is 9.54. The highest BCUT2D eigenvalue weighted by molar-refractivity contribution is 8.34. The monoisotopic (exact) mass is 353 g/mol. The van der Waals surface area contributed by atoms with Crippen LogP contribution in [0.2, 0.25) is 0 Å². The Kier molecular flexibility index (Phi) is 3.41. The van der Waals surface area contributed by atoms with E-state index in [-0.39, 0.29) is 0 Å². The third-order valence-electron chi connectivity index (χ3n) is 5.03. The predicted octanol–water partition coefficient (Wildman–Crippen LogP) is 6.59. The van der Waals surface area contributed by atoms with E-state index < -0.39 is 10.0 Å². The number of rotatable bonds is 2. The van der Waals surface area contributed by atoms with Gasteiger partial charge < -0.3 is 5.73 Å². The van der Waals surface area contributed by atoms with Gasteiger partial charge in [-0.05, 0) is 53.6 Å². The number of fused-ring (bicyclic) bond motifs is 3. The zero-order valence-corrected chi connectivity index (χ0v) is 15.1. The summed E-state index contributed by atoms with van der Waals surface area (Å²) < 4.78 is 0. The Bertz CT molecular complexity index is 1060. The quantitative estimate of drug-likeness (QED) is 0.356.